The highest BCUT2D eigenvalue weighted by molar-refractivity contribution is 5.96. The largest absolute Gasteiger partial charge is 0.466 e. The van der Waals surface area contributed by atoms with E-state index in [9.17, 15) is 9.59 Å². The SMILES string of the molecule is CCOC(=O)CC(=O)CN1CCOCC1CC. The van der Waals surface area contributed by atoms with Crippen LogP contribution in [0.25, 0.3) is 0 Å². The molecule has 0 spiro atoms. The van der Waals surface area contributed by atoms with Crippen LogP contribution in [0.15, 0.2) is 0 Å². The third-order valence-electron chi connectivity index (χ3n) is 2.85. The van der Waals surface area contributed by atoms with Gasteiger partial charge in [-0.3, -0.25) is 14.5 Å². The lowest BCUT2D eigenvalue weighted by Crippen LogP contribution is -2.47. The average Bonchev–Trinajstić information content (AvgIpc) is 2.29. The van der Waals surface area contributed by atoms with Crippen LogP contribution in [0, 0.1) is 0 Å². The molecule has 0 aliphatic carbocycles. The van der Waals surface area contributed by atoms with Crippen molar-refractivity contribution in [2.45, 2.75) is 32.7 Å². The summed E-state index contributed by atoms with van der Waals surface area (Å²) in [5.74, 6) is -0.511. The molecule has 0 aromatic carbocycles. The Kier molecular flexibility index (Phi) is 6.15. The first kappa shape index (κ1) is 14.1. The highest BCUT2D eigenvalue weighted by atomic mass is 16.5. The molecule has 0 aromatic heterocycles. The van der Waals surface area contributed by atoms with E-state index in [4.69, 9.17) is 9.47 Å². The van der Waals surface area contributed by atoms with Crippen LogP contribution in [-0.2, 0) is 19.1 Å². The van der Waals surface area contributed by atoms with E-state index in [0.717, 1.165) is 13.0 Å². The van der Waals surface area contributed by atoms with Crippen molar-refractivity contribution in [1.82, 2.24) is 4.90 Å². The van der Waals surface area contributed by atoms with Crippen LogP contribution in [-0.4, -0.2) is 55.6 Å². The highest BCUT2D eigenvalue weighted by Gasteiger charge is 2.24. The van der Waals surface area contributed by atoms with Crippen molar-refractivity contribution in [2.24, 2.45) is 0 Å². The lowest BCUT2D eigenvalue weighted by Gasteiger charge is -2.34. The summed E-state index contributed by atoms with van der Waals surface area (Å²) in [6.45, 7) is 6.53. The van der Waals surface area contributed by atoms with Gasteiger partial charge in [0.15, 0.2) is 5.78 Å². The zero-order chi connectivity index (χ0) is 12.7. The van der Waals surface area contributed by atoms with Gasteiger partial charge in [-0.25, -0.2) is 0 Å². The summed E-state index contributed by atoms with van der Waals surface area (Å²) in [6.07, 6.45) is 0.828. The molecule has 0 N–H and O–H groups in total. The predicted octanol–water partition coefficient (Wildman–Crippen LogP) is 0.620. The number of carbonyl (C=O) groups excluding carboxylic acids is 2. The Morgan fingerprint density at radius 2 is 2.18 bits per heavy atom. The fourth-order valence-electron chi connectivity index (χ4n) is 1.93. The van der Waals surface area contributed by atoms with Gasteiger partial charge in [0.25, 0.3) is 0 Å². The fraction of sp³-hybridized carbons (Fsp3) is 0.833. The topological polar surface area (TPSA) is 55.8 Å². The number of rotatable bonds is 6. The van der Waals surface area contributed by atoms with Crippen molar-refractivity contribution in [2.75, 3.05) is 32.9 Å². The summed E-state index contributed by atoms with van der Waals surface area (Å²) in [5, 5.41) is 0. The van der Waals surface area contributed by atoms with Gasteiger partial charge in [0.05, 0.1) is 26.4 Å². The van der Waals surface area contributed by atoms with Crippen molar-refractivity contribution < 1.29 is 19.1 Å². The smallest absolute Gasteiger partial charge is 0.313 e. The van der Waals surface area contributed by atoms with Crippen LogP contribution >= 0.6 is 0 Å². The molecule has 5 nitrogen and oxygen atoms in total. The molecular formula is C12H21NO4. The Labute approximate surface area is 102 Å². The maximum absolute atomic E-state index is 11.7. The molecule has 1 aliphatic rings. The summed E-state index contributed by atoms with van der Waals surface area (Å²) in [5.41, 5.74) is 0. The van der Waals surface area contributed by atoms with Crippen LogP contribution in [0.3, 0.4) is 0 Å². The molecule has 1 aliphatic heterocycles. The first-order valence-corrected chi connectivity index (χ1v) is 6.16. The average molecular weight is 243 g/mol. The molecule has 98 valence electrons. The van der Waals surface area contributed by atoms with E-state index in [1.807, 2.05) is 0 Å². The number of esters is 1. The molecule has 1 atom stereocenters. The number of nitrogens with zero attached hydrogens (tertiary/aromatic N) is 1. The predicted molar refractivity (Wildman–Crippen MR) is 62.7 cm³/mol. The zero-order valence-electron chi connectivity index (χ0n) is 10.6. The Hall–Kier alpha value is -0.940. The molecule has 17 heavy (non-hydrogen) atoms. The Bertz CT molecular complexity index is 267. The van der Waals surface area contributed by atoms with Crippen molar-refractivity contribution in [3.63, 3.8) is 0 Å². The van der Waals surface area contributed by atoms with Gasteiger partial charge < -0.3 is 9.47 Å². The summed E-state index contributed by atoms with van der Waals surface area (Å²) in [6, 6.07) is 0.287. The van der Waals surface area contributed by atoms with Crippen LogP contribution in [0.4, 0.5) is 0 Å². The number of ketones is 1. The lowest BCUT2D eigenvalue weighted by atomic mass is 10.1. The molecule has 0 bridgehead atoms. The molecule has 1 rings (SSSR count). The van der Waals surface area contributed by atoms with Crippen molar-refractivity contribution in [3.8, 4) is 0 Å². The van der Waals surface area contributed by atoms with Crippen LogP contribution in [0.5, 0.6) is 0 Å². The monoisotopic (exact) mass is 243 g/mol. The van der Waals surface area contributed by atoms with E-state index >= 15 is 0 Å². The normalized spacial score (nSPS) is 21.2. The van der Waals surface area contributed by atoms with Crippen molar-refractivity contribution >= 4 is 11.8 Å². The lowest BCUT2D eigenvalue weighted by molar-refractivity contribution is -0.146. The quantitative estimate of drug-likeness (QED) is 0.505. The molecule has 0 radical (unpaired) electrons. The van der Waals surface area contributed by atoms with E-state index in [-0.39, 0.29) is 18.2 Å². The second-order valence-corrected chi connectivity index (χ2v) is 4.13. The molecule has 1 unspecified atom stereocenters. The van der Waals surface area contributed by atoms with E-state index in [2.05, 4.69) is 11.8 Å². The second-order valence-electron chi connectivity index (χ2n) is 4.13. The van der Waals surface area contributed by atoms with Gasteiger partial charge in [-0.15, -0.1) is 0 Å². The second kappa shape index (κ2) is 7.40. The summed E-state index contributed by atoms with van der Waals surface area (Å²) < 4.78 is 10.1. The van der Waals surface area contributed by atoms with Crippen molar-refractivity contribution in [1.29, 1.82) is 0 Å². The van der Waals surface area contributed by atoms with E-state index < -0.39 is 5.97 Å². The number of morpholine rings is 1. The molecular weight excluding hydrogens is 222 g/mol. The third kappa shape index (κ3) is 4.83. The Morgan fingerprint density at radius 3 is 2.82 bits per heavy atom. The van der Waals surface area contributed by atoms with Gasteiger partial charge in [-0.2, -0.15) is 0 Å². The highest BCUT2D eigenvalue weighted by Crippen LogP contribution is 2.10. The van der Waals surface area contributed by atoms with Gasteiger partial charge in [0, 0.05) is 12.6 Å². The summed E-state index contributed by atoms with van der Waals surface area (Å²) in [4.78, 5) is 24.9. The van der Waals surface area contributed by atoms with E-state index in [1.54, 1.807) is 6.92 Å². The molecule has 0 aromatic rings. The zero-order valence-corrected chi connectivity index (χ0v) is 10.6. The van der Waals surface area contributed by atoms with Gasteiger partial charge in [0.1, 0.15) is 6.42 Å². The first-order valence-electron chi connectivity index (χ1n) is 6.16. The van der Waals surface area contributed by atoms with Crippen molar-refractivity contribution in [3.05, 3.63) is 0 Å². The first-order chi connectivity index (χ1) is 8.17. The molecule has 1 saturated heterocycles. The number of carbonyl (C=O) groups is 2. The third-order valence-corrected chi connectivity index (χ3v) is 2.85. The Balaban J connectivity index is 2.35. The minimum Gasteiger partial charge on any atom is -0.466 e. The van der Waals surface area contributed by atoms with E-state index in [1.165, 1.54) is 0 Å². The number of ether oxygens (including phenoxy) is 2. The van der Waals surface area contributed by atoms with Crippen LogP contribution in [0.2, 0.25) is 0 Å². The van der Waals surface area contributed by atoms with Gasteiger partial charge in [-0.05, 0) is 13.3 Å². The summed E-state index contributed by atoms with van der Waals surface area (Å²) >= 11 is 0. The number of hydrogen-bond donors (Lipinski definition) is 0. The molecule has 0 amide bonds. The van der Waals surface area contributed by atoms with Crippen LogP contribution < -0.4 is 0 Å². The van der Waals surface area contributed by atoms with Gasteiger partial charge >= 0.3 is 5.97 Å². The maximum atomic E-state index is 11.7. The maximum Gasteiger partial charge on any atom is 0.313 e. The molecule has 0 saturated carbocycles. The molecule has 1 heterocycles. The summed E-state index contributed by atoms with van der Waals surface area (Å²) in [7, 11) is 0. The Morgan fingerprint density at radius 1 is 1.41 bits per heavy atom. The minimum absolute atomic E-state index is 0.0798. The standard InChI is InChI=1S/C12H21NO4/c1-3-10-9-16-6-5-13(10)8-11(14)7-12(15)17-4-2/h10H,3-9H2,1-2H3. The number of hydrogen-bond acceptors (Lipinski definition) is 5. The van der Waals surface area contributed by atoms with Crippen LogP contribution in [0.1, 0.15) is 26.7 Å². The van der Waals surface area contributed by atoms with E-state index in [0.29, 0.717) is 26.4 Å². The fourth-order valence-corrected chi connectivity index (χ4v) is 1.93. The minimum atomic E-state index is -0.432. The number of Topliss-reactive ketones (excluding diaryl/α,β-unsaturated/α-hetero) is 1. The molecule has 5 heteroatoms. The van der Waals surface area contributed by atoms with Gasteiger partial charge in [0.2, 0.25) is 0 Å². The van der Waals surface area contributed by atoms with Gasteiger partial charge in [-0.1, -0.05) is 6.92 Å². The molecule has 1 fully saturated rings.